The van der Waals surface area contributed by atoms with Crippen LogP contribution in [0.25, 0.3) is 0 Å². The van der Waals surface area contributed by atoms with Crippen molar-refractivity contribution in [1.29, 1.82) is 0 Å². The summed E-state index contributed by atoms with van der Waals surface area (Å²) in [6, 6.07) is 5.74. The number of carbonyl (C=O) groups excluding carboxylic acids is 1. The first kappa shape index (κ1) is 14.4. The van der Waals surface area contributed by atoms with E-state index in [2.05, 4.69) is 5.32 Å². The van der Waals surface area contributed by atoms with Crippen LogP contribution in [-0.4, -0.2) is 41.1 Å². The Morgan fingerprint density at radius 2 is 1.85 bits per heavy atom. The van der Waals surface area contributed by atoms with E-state index < -0.39 is 6.09 Å². The standard InChI is InChI=1S/C15H20N2O3/c1-10(2)16-14(18)13-4-3-11-5-7-17(15(19)20)8-6-12(11)9-13/h3-4,9-10H,5-8H2,1-2H3,(H,16,18)(H,19,20). The Bertz CT molecular complexity index is 526. The number of fused-ring (bicyclic) bond motifs is 1. The van der Waals surface area contributed by atoms with Crippen molar-refractivity contribution in [2.24, 2.45) is 0 Å². The maximum Gasteiger partial charge on any atom is 0.407 e. The van der Waals surface area contributed by atoms with Crippen LogP contribution in [0.1, 0.15) is 35.3 Å². The van der Waals surface area contributed by atoms with Crippen LogP contribution in [0, 0.1) is 0 Å². The van der Waals surface area contributed by atoms with E-state index in [4.69, 9.17) is 5.11 Å². The predicted octanol–water partition coefficient (Wildman–Crippen LogP) is 1.90. The molecule has 0 saturated heterocycles. The molecule has 1 heterocycles. The van der Waals surface area contributed by atoms with Gasteiger partial charge in [-0.2, -0.15) is 0 Å². The van der Waals surface area contributed by atoms with Gasteiger partial charge in [-0.25, -0.2) is 4.79 Å². The number of carboxylic acid groups (broad SMARTS) is 1. The van der Waals surface area contributed by atoms with Crippen LogP contribution in [0.5, 0.6) is 0 Å². The second-order valence-corrected chi connectivity index (χ2v) is 5.38. The average molecular weight is 276 g/mol. The molecular formula is C15H20N2O3. The molecule has 108 valence electrons. The Kier molecular flexibility index (Phi) is 4.27. The summed E-state index contributed by atoms with van der Waals surface area (Å²) in [5.41, 5.74) is 2.85. The van der Waals surface area contributed by atoms with E-state index in [9.17, 15) is 9.59 Å². The second-order valence-electron chi connectivity index (χ2n) is 5.38. The Morgan fingerprint density at radius 3 is 2.45 bits per heavy atom. The number of nitrogens with zero attached hydrogens (tertiary/aromatic N) is 1. The lowest BCUT2D eigenvalue weighted by molar-refractivity contribution is 0.0943. The lowest BCUT2D eigenvalue weighted by Crippen LogP contribution is -2.31. The molecule has 5 nitrogen and oxygen atoms in total. The minimum absolute atomic E-state index is 0.0814. The summed E-state index contributed by atoms with van der Waals surface area (Å²) in [7, 11) is 0. The van der Waals surface area contributed by atoms with E-state index >= 15 is 0 Å². The molecule has 2 amide bonds. The zero-order valence-electron chi connectivity index (χ0n) is 11.8. The molecule has 0 aliphatic carbocycles. The van der Waals surface area contributed by atoms with Crippen LogP contribution in [-0.2, 0) is 12.8 Å². The Balaban J connectivity index is 2.17. The number of nitrogens with one attached hydrogen (secondary N) is 1. The van der Waals surface area contributed by atoms with Crippen LogP contribution >= 0.6 is 0 Å². The van der Waals surface area contributed by atoms with Crippen LogP contribution < -0.4 is 5.32 Å². The van der Waals surface area contributed by atoms with Gasteiger partial charge in [-0.15, -0.1) is 0 Å². The van der Waals surface area contributed by atoms with Crippen LogP contribution in [0.2, 0.25) is 0 Å². The largest absolute Gasteiger partial charge is 0.465 e. The Hall–Kier alpha value is -2.04. The van der Waals surface area contributed by atoms with E-state index in [0.717, 1.165) is 11.1 Å². The van der Waals surface area contributed by atoms with Crippen molar-refractivity contribution < 1.29 is 14.7 Å². The number of carbonyl (C=O) groups is 2. The highest BCUT2D eigenvalue weighted by Crippen LogP contribution is 2.18. The summed E-state index contributed by atoms with van der Waals surface area (Å²) in [6.45, 7) is 4.84. The van der Waals surface area contributed by atoms with Gasteiger partial charge in [0.25, 0.3) is 5.91 Å². The molecule has 0 atom stereocenters. The predicted molar refractivity (Wildman–Crippen MR) is 76.1 cm³/mol. The van der Waals surface area contributed by atoms with Crippen molar-refractivity contribution in [3.05, 3.63) is 34.9 Å². The molecule has 1 aromatic rings. The molecule has 0 fully saturated rings. The smallest absolute Gasteiger partial charge is 0.407 e. The summed E-state index contributed by atoms with van der Waals surface area (Å²) in [6.07, 6.45) is 0.480. The first-order valence-corrected chi connectivity index (χ1v) is 6.88. The fourth-order valence-electron chi connectivity index (χ4n) is 2.40. The van der Waals surface area contributed by atoms with Crippen LogP contribution in [0.4, 0.5) is 4.79 Å². The third kappa shape index (κ3) is 3.29. The number of amides is 2. The summed E-state index contributed by atoms with van der Waals surface area (Å²) in [5.74, 6) is -0.0814. The highest BCUT2D eigenvalue weighted by molar-refractivity contribution is 5.94. The number of hydrogen-bond acceptors (Lipinski definition) is 2. The zero-order chi connectivity index (χ0) is 14.7. The summed E-state index contributed by atoms with van der Waals surface area (Å²) in [4.78, 5) is 24.4. The van der Waals surface area contributed by atoms with Gasteiger partial charge in [0, 0.05) is 24.7 Å². The molecule has 0 bridgehead atoms. The normalized spacial score (nSPS) is 14.7. The van der Waals surface area contributed by atoms with E-state index in [0.29, 0.717) is 31.5 Å². The molecule has 1 aliphatic rings. The van der Waals surface area contributed by atoms with Crippen LogP contribution in [0.15, 0.2) is 18.2 Å². The van der Waals surface area contributed by atoms with Crippen molar-refractivity contribution >= 4 is 12.0 Å². The van der Waals surface area contributed by atoms with Gasteiger partial charge in [0.05, 0.1) is 0 Å². The van der Waals surface area contributed by atoms with E-state index in [1.807, 2.05) is 32.0 Å². The van der Waals surface area contributed by atoms with Gasteiger partial charge in [0.15, 0.2) is 0 Å². The molecule has 0 spiro atoms. The number of hydrogen-bond donors (Lipinski definition) is 2. The van der Waals surface area contributed by atoms with Crippen LogP contribution in [0.3, 0.4) is 0 Å². The lowest BCUT2D eigenvalue weighted by Gasteiger charge is -2.15. The Labute approximate surface area is 118 Å². The summed E-state index contributed by atoms with van der Waals surface area (Å²) >= 11 is 0. The van der Waals surface area contributed by atoms with Crippen molar-refractivity contribution in [3.63, 3.8) is 0 Å². The number of rotatable bonds is 2. The van der Waals surface area contributed by atoms with Gasteiger partial charge >= 0.3 is 6.09 Å². The first-order chi connectivity index (χ1) is 9.47. The summed E-state index contributed by atoms with van der Waals surface area (Å²) in [5, 5.41) is 11.9. The third-order valence-electron chi connectivity index (χ3n) is 3.46. The van der Waals surface area contributed by atoms with E-state index in [-0.39, 0.29) is 11.9 Å². The summed E-state index contributed by atoms with van der Waals surface area (Å²) < 4.78 is 0. The first-order valence-electron chi connectivity index (χ1n) is 6.88. The monoisotopic (exact) mass is 276 g/mol. The lowest BCUT2D eigenvalue weighted by atomic mass is 10.00. The van der Waals surface area contributed by atoms with E-state index in [1.165, 1.54) is 4.90 Å². The Morgan fingerprint density at radius 1 is 1.20 bits per heavy atom. The van der Waals surface area contributed by atoms with Gasteiger partial charge in [-0.05, 0) is 49.9 Å². The highest BCUT2D eigenvalue weighted by Gasteiger charge is 2.18. The molecule has 2 rings (SSSR count). The quantitative estimate of drug-likeness (QED) is 0.866. The van der Waals surface area contributed by atoms with Gasteiger partial charge in [0.2, 0.25) is 0 Å². The SMILES string of the molecule is CC(C)NC(=O)c1ccc2c(c1)CCN(C(=O)O)CC2. The molecule has 5 heteroatoms. The van der Waals surface area contributed by atoms with Crippen molar-refractivity contribution in [3.8, 4) is 0 Å². The molecule has 0 saturated carbocycles. The third-order valence-corrected chi connectivity index (χ3v) is 3.46. The topological polar surface area (TPSA) is 69.6 Å². The van der Waals surface area contributed by atoms with E-state index in [1.54, 1.807) is 0 Å². The molecular weight excluding hydrogens is 256 g/mol. The molecule has 2 N–H and O–H groups in total. The van der Waals surface area contributed by atoms with Crippen molar-refractivity contribution in [1.82, 2.24) is 10.2 Å². The molecule has 0 radical (unpaired) electrons. The molecule has 0 aromatic heterocycles. The highest BCUT2D eigenvalue weighted by atomic mass is 16.4. The maximum atomic E-state index is 12.0. The van der Waals surface area contributed by atoms with Crippen molar-refractivity contribution in [2.45, 2.75) is 32.7 Å². The zero-order valence-corrected chi connectivity index (χ0v) is 11.8. The van der Waals surface area contributed by atoms with Gasteiger partial charge in [-0.1, -0.05) is 6.07 Å². The van der Waals surface area contributed by atoms with Gasteiger partial charge in [-0.3, -0.25) is 4.79 Å². The minimum Gasteiger partial charge on any atom is -0.465 e. The fraction of sp³-hybridized carbons (Fsp3) is 0.467. The fourth-order valence-corrected chi connectivity index (χ4v) is 2.40. The maximum absolute atomic E-state index is 12.0. The second kappa shape index (κ2) is 5.94. The van der Waals surface area contributed by atoms with Gasteiger partial charge in [0.1, 0.15) is 0 Å². The van der Waals surface area contributed by atoms with Crippen molar-refractivity contribution in [2.75, 3.05) is 13.1 Å². The molecule has 1 aliphatic heterocycles. The molecule has 1 aromatic carbocycles. The average Bonchev–Trinajstić information content (AvgIpc) is 2.59. The number of benzene rings is 1. The van der Waals surface area contributed by atoms with Gasteiger partial charge < -0.3 is 15.3 Å². The molecule has 0 unspecified atom stereocenters. The molecule has 20 heavy (non-hydrogen) atoms. The minimum atomic E-state index is -0.879.